The van der Waals surface area contributed by atoms with Crippen molar-refractivity contribution in [2.24, 2.45) is 5.92 Å². The van der Waals surface area contributed by atoms with E-state index in [1.165, 1.54) is 0 Å². The molecule has 1 heterocycles. The van der Waals surface area contributed by atoms with E-state index in [4.69, 9.17) is 16.3 Å². The van der Waals surface area contributed by atoms with Crippen LogP contribution >= 0.6 is 34.2 Å². The molecular weight excluding hydrogens is 489 g/mol. The van der Waals surface area contributed by atoms with Crippen molar-refractivity contribution < 1.29 is 9.53 Å². The van der Waals surface area contributed by atoms with Gasteiger partial charge in [-0.3, -0.25) is 0 Å². The van der Waals surface area contributed by atoms with Crippen LogP contribution in [0.4, 0.5) is 11.4 Å². The summed E-state index contributed by atoms with van der Waals surface area (Å²) in [7, 11) is 0. The molecule has 0 radical (unpaired) electrons. The predicted molar refractivity (Wildman–Crippen MR) is 119 cm³/mol. The molecule has 0 spiro atoms. The number of rotatable bonds is 6. The fourth-order valence-corrected chi connectivity index (χ4v) is 3.81. The minimum absolute atomic E-state index is 0.364. The fraction of sp³-hybridized carbons (Fsp3) is 0.238. The second-order valence-electron chi connectivity index (χ2n) is 6.95. The molecule has 1 fully saturated rings. The fourth-order valence-electron chi connectivity index (χ4n) is 2.90. The van der Waals surface area contributed by atoms with Crippen LogP contribution in [0.15, 0.2) is 49.1 Å². The SMILES string of the molecule is Cc1cc(I)ccc1Nc1cc(-n2ccnc2)c(Cl)cc1C(=O)OCC1CC1. The highest BCUT2D eigenvalue weighted by molar-refractivity contribution is 14.1. The molecule has 2 aromatic carbocycles. The molecule has 4 rings (SSSR count). The summed E-state index contributed by atoms with van der Waals surface area (Å²) in [6.45, 7) is 2.49. The molecule has 1 aliphatic carbocycles. The van der Waals surface area contributed by atoms with Crippen LogP contribution in [0.1, 0.15) is 28.8 Å². The molecule has 0 amide bonds. The van der Waals surface area contributed by atoms with Crippen LogP contribution in [0, 0.1) is 16.4 Å². The molecule has 0 unspecified atom stereocenters. The van der Waals surface area contributed by atoms with Gasteiger partial charge in [0.2, 0.25) is 0 Å². The number of ether oxygens (including phenoxy) is 1. The van der Waals surface area contributed by atoms with E-state index in [0.717, 1.165) is 33.4 Å². The second-order valence-corrected chi connectivity index (χ2v) is 8.60. The van der Waals surface area contributed by atoms with Crippen molar-refractivity contribution in [3.63, 3.8) is 0 Å². The zero-order chi connectivity index (χ0) is 19.7. The van der Waals surface area contributed by atoms with Gasteiger partial charge in [-0.1, -0.05) is 11.6 Å². The molecule has 28 heavy (non-hydrogen) atoms. The smallest absolute Gasteiger partial charge is 0.340 e. The molecule has 0 bridgehead atoms. The molecule has 5 nitrogen and oxygen atoms in total. The lowest BCUT2D eigenvalue weighted by Crippen LogP contribution is -2.11. The Morgan fingerprint density at radius 2 is 2.14 bits per heavy atom. The van der Waals surface area contributed by atoms with Gasteiger partial charge in [-0.05, 0) is 84.2 Å². The van der Waals surface area contributed by atoms with E-state index in [0.29, 0.717) is 28.8 Å². The van der Waals surface area contributed by atoms with Crippen LogP contribution in [0.5, 0.6) is 0 Å². The summed E-state index contributed by atoms with van der Waals surface area (Å²) in [5, 5.41) is 3.84. The number of carbonyl (C=O) groups is 1. The highest BCUT2D eigenvalue weighted by Crippen LogP contribution is 2.33. The molecule has 1 N–H and O–H groups in total. The van der Waals surface area contributed by atoms with Gasteiger partial charge in [0.15, 0.2) is 0 Å². The molecule has 0 saturated heterocycles. The maximum absolute atomic E-state index is 12.7. The topological polar surface area (TPSA) is 56.2 Å². The Morgan fingerprint density at radius 1 is 1.32 bits per heavy atom. The van der Waals surface area contributed by atoms with Crippen molar-refractivity contribution in [3.8, 4) is 5.69 Å². The minimum atomic E-state index is -0.364. The van der Waals surface area contributed by atoms with Gasteiger partial charge in [-0.2, -0.15) is 0 Å². The Kier molecular flexibility index (Phi) is 5.59. The second kappa shape index (κ2) is 8.13. The maximum Gasteiger partial charge on any atom is 0.340 e. The number of nitrogens with one attached hydrogen (secondary N) is 1. The standard InChI is InChI=1S/C21H19ClIN3O2/c1-13-8-15(23)4-5-18(13)25-19-10-20(26-7-6-24-12-26)17(22)9-16(19)21(27)28-11-14-2-3-14/h4-10,12,14,25H,2-3,11H2,1H3. The Bertz CT molecular complexity index is 1020. The first kappa shape index (κ1) is 19.3. The van der Waals surface area contributed by atoms with E-state index in [1.54, 1.807) is 18.6 Å². The van der Waals surface area contributed by atoms with E-state index in [1.807, 2.05) is 35.9 Å². The summed E-state index contributed by atoms with van der Waals surface area (Å²) < 4.78 is 8.47. The maximum atomic E-state index is 12.7. The first-order valence-electron chi connectivity index (χ1n) is 9.03. The monoisotopic (exact) mass is 507 g/mol. The number of aromatic nitrogens is 2. The van der Waals surface area contributed by atoms with Crippen LogP contribution < -0.4 is 5.32 Å². The number of hydrogen-bond donors (Lipinski definition) is 1. The van der Waals surface area contributed by atoms with Gasteiger partial charge >= 0.3 is 5.97 Å². The van der Waals surface area contributed by atoms with Crippen LogP contribution in [0.3, 0.4) is 0 Å². The zero-order valence-electron chi connectivity index (χ0n) is 15.3. The lowest BCUT2D eigenvalue weighted by atomic mass is 10.1. The summed E-state index contributed by atoms with van der Waals surface area (Å²) >= 11 is 8.76. The van der Waals surface area contributed by atoms with Crippen molar-refractivity contribution >= 4 is 51.5 Å². The highest BCUT2D eigenvalue weighted by atomic mass is 127. The summed E-state index contributed by atoms with van der Waals surface area (Å²) in [4.78, 5) is 16.8. The van der Waals surface area contributed by atoms with E-state index < -0.39 is 0 Å². The highest BCUT2D eigenvalue weighted by Gasteiger charge is 2.25. The number of anilines is 2. The van der Waals surface area contributed by atoms with Crippen molar-refractivity contribution in [1.82, 2.24) is 9.55 Å². The van der Waals surface area contributed by atoms with Crippen LogP contribution in [0.25, 0.3) is 5.69 Å². The van der Waals surface area contributed by atoms with Gasteiger partial charge in [-0.15, -0.1) is 0 Å². The molecule has 1 aromatic heterocycles. The van der Waals surface area contributed by atoms with Crippen LogP contribution in [-0.2, 0) is 4.74 Å². The van der Waals surface area contributed by atoms with Crippen molar-refractivity contribution in [1.29, 1.82) is 0 Å². The average Bonchev–Trinajstić information content (AvgIpc) is 3.34. The quantitative estimate of drug-likeness (QED) is 0.341. The largest absolute Gasteiger partial charge is 0.462 e. The first-order chi connectivity index (χ1) is 13.5. The summed E-state index contributed by atoms with van der Waals surface area (Å²) in [5.74, 6) is 0.135. The van der Waals surface area contributed by atoms with Gasteiger partial charge in [0.05, 0.1) is 34.9 Å². The first-order valence-corrected chi connectivity index (χ1v) is 10.5. The zero-order valence-corrected chi connectivity index (χ0v) is 18.2. The Hall–Kier alpha value is -2.06. The lowest BCUT2D eigenvalue weighted by molar-refractivity contribution is 0.0487. The summed E-state index contributed by atoms with van der Waals surface area (Å²) in [6, 6.07) is 9.63. The third kappa shape index (κ3) is 4.33. The summed E-state index contributed by atoms with van der Waals surface area (Å²) in [6.07, 6.45) is 7.42. The van der Waals surface area contributed by atoms with E-state index in [-0.39, 0.29) is 5.97 Å². The van der Waals surface area contributed by atoms with Gasteiger partial charge in [0, 0.05) is 21.7 Å². The number of imidazole rings is 1. The van der Waals surface area contributed by atoms with Gasteiger partial charge in [0.1, 0.15) is 0 Å². The molecule has 0 aliphatic heterocycles. The van der Waals surface area contributed by atoms with Crippen molar-refractivity contribution in [3.05, 3.63) is 68.8 Å². The third-order valence-corrected chi connectivity index (χ3v) is 5.67. The summed E-state index contributed by atoms with van der Waals surface area (Å²) in [5.41, 5.74) is 3.83. The van der Waals surface area contributed by atoms with Crippen molar-refractivity contribution in [2.45, 2.75) is 19.8 Å². The number of hydrogen-bond acceptors (Lipinski definition) is 4. The van der Waals surface area contributed by atoms with Crippen LogP contribution in [0.2, 0.25) is 5.02 Å². The molecule has 1 aliphatic rings. The normalized spacial score (nSPS) is 13.4. The molecule has 0 atom stereocenters. The Labute approximate surface area is 182 Å². The average molecular weight is 508 g/mol. The number of nitrogens with zero attached hydrogens (tertiary/aromatic N) is 2. The molecule has 7 heteroatoms. The van der Waals surface area contributed by atoms with E-state index in [9.17, 15) is 4.79 Å². The Morgan fingerprint density at radius 3 is 2.82 bits per heavy atom. The number of carbonyl (C=O) groups excluding carboxylic acids is 1. The molecule has 144 valence electrons. The number of esters is 1. The minimum Gasteiger partial charge on any atom is -0.462 e. The number of aryl methyl sites for hydroxylation is 1. The van der Waals surface area contributed by atoms with Crippen molar-refractivity contribution in [2.75, 3.05) is 11.9 Å². The number of benzene rings is 2. The van der Waals surface area contributed by atoms with Crippen LogP contribution in [-0.4, -0.2) is 22.1 Å². The molecule has 1 saturated carbocycles. The van der Waals surface area contributed by atoms with Gasteiger partial charge in [-0.25, -0.2) is 9.78 Å². The number of halogens is 2. The predicted octanol–water partition coefficient (Wildman–Crippen LogP) is 5.75. The lowest BCUT2D eigenvalue weighted by Gasteiger charge is -2.17. The van der Waals surface area contributed by atoms with Gasteiger partial charge in [0.25, 0.3) is 0 Å². The van der Waals surface area contributed by atoms with E-state index in [2.05, 4.69) is 39.0 Å². The third-order valence-electron chi connectivity index (χ3n) is 4.69. The van der Waals surface area contributed by atoms with Gasteiger partial charge < -0.3 is 14.6 Å². The molecule has 3 aromatic rings. The molecular formula is C21H19ClIN3O2. The van der Waals surface area contributed by atoms with E-state index >= 15 is 0 Å². The Balaban J connectivity index is 1.72.